The molecule has 0 radical (unpaired) electrons. The Kier molecular flexibility index (Phi) is 5.77. The highest BCUT2D eigenvalue weighted by atomic mass is 79.9. The average Bonchev–Trinajstić information content (AvgIpc) is 2.66. The number of halogens is 1. The second-order valence-electron chi connectivity index (χ2n) is 7.54. The van der Waals surface area contributed by atoms with Crippen molar-refractivity contribution in [3.8, 4) is 11.5 Å². The summed E-state index contributed by atoms with van der Waals surface area (Å²) in [5.74, 6) is 1.49. The Balaban J connectivity index is 2.30. The smallest absolute Gasteiger partial charge is 0.320 e. The molecule has 27 heavy (non-hydrogen) atoms. The lowest BCUT2D eigenvalue weighted by Crippen LogP contribution is -2.68. The number of ether oxygens (including phenoxy) is 1. The number of hydrogen-bond acceptors (Lipinski definition) is 2. The van der Waals surface area contributed by atoms with Crippen molar-refractivity contribution in [1.82, 2.24) is 0 Å². The molecule has 4 heteroatoms. The van der Waals surface area contributed by atoms with Gasteiger partial charge >= 0.3 is 8.32 Å². The van der Waals surface area contributed by atoms with Gasteiger partial charge in [0.15, 0.2) is 5.75 Å². The Morgan fingerprint density at radius 3 is 1.70 bits per heavy atom. The first-order chi connectivity index (χ1) is 12.9. The zero-order valence-electron chi connectivity index (χ0n) is 16.2. The van der Waals surface area contributed by atoms with Gasteiger partial charge in [-0.25, -0.2) is 0 Å². The van der Waals surface area contributed by atoms with Crippen molar-refractivity contribution >= 4 is 34.6 Å². The molecule has 0 aliphatic rings. The van der Waals surface area contributed by atoms with Crippen molar-refractivity contribution in [2.45, 2.75) is 25.8 Å². The van der Waals surface area contributed by atoms with Gasteiger partial charge in [0.2, 0.25) is 0 Å². The molecular weight excluding hydrogens is 416 g/mol. The molecule has 0 aliphatic carbocycles. The van der Waals surface area contributed by atoms with Crippen molar-refractivity contribution in [2.24, 2.45) is 0 Å². The Labute approximate surface area is 171 Å². The van der Waals surface area contributed by atoms with Gasteiger partial charge in [-0.1, -0.05) is 87.5 Å². The van der Waals surface area contributed by atoms with Crippen LogP contribution >= 0.6 is 15.9 Å². The van der Waals surface area contributed by atoms with Gasteiger partial charge in [0.1, 0.15) is 5.75 Å². The quantitative estimate of drug-likeness (QED) is 0.494. The van der Waals surface area contributed by atoms with E-state index in [0.717, 1.165) is 16.0 Å². The molecule has 3 aromatic rings. The molecule has 0 fully saturated rings. The fourth-order valence-electron chi connectivity index (χ4n) is 3.58. The van der Waals surface area contributed by atoms with E-state index in [-0.39, 0.29) is 5.04 Å². The third kappa shape index (κ3) is 3.69. The minimum Gasteiger partial charge on any atom is -0.531 e. The van der Waals surface area contributed by atoms with Gasteiger partial charge in [-0.2, -0.15) is 0 Å². The molecule has 2 nitrogen and oxygen atoms in total. The molecule has 3 rings (SSSR count). The normalized spacial score (nSPS) is 11.9. The summed E-state index contributed by atoms with van der Waals surface area (Å²) in [5.41, 5.74) is 0. The molecule has 0 atom stereocenters. The van der Waals surface area contributed by atoms with Gasteiger partial charge in [0.25, 0.3) is 0 Å². The molecule has 0 aromatic heterocycles. The van der Waals surface area contributed by atoms with Gasteiger partial charge < -0.3 is 9.16 Å². The highest BCUT2D eigenvalue weighted by Gasteiger charge is 2.52. The maximum absolute atomic E-state index is 7.03. The van der Waals surface area contributed by atoms with Gasteiger partial charge in [-0.3, -0.25) is 0 Å². The first-order valence-electron chi connectivity index (χ1n) is 9.02. The van der Waals surface area contributed by atoms with Crippen LogP contribution in [-0.4, -0.2) is 15.4 Å². The Hall–Kier alpha value is -2.04. The SMILES string of the molecule is COc1c(Br)cccc1O[Si](c1ccccc1)(c1ccccc1)C(C)(C)C. The van der Waals surface area contributed by atoms with E-state index < -0.39 is 8.32 Å². The van der Waals surface area contributed by atoms with E-state index in [0.29, 0.717) is 0 Å². The number of benzene rings is 3. The molecule has 0 amide bonds. The van der Waals surface area contributed by atoms with Gasteiger partial charge in [0.05, 0.1) is 11.6 Å². The average molecular weight is 441 g/mol. The maximum Gasteiger partial charge on any atom is 0.320 e. The van der Waals surface area contributed by atoms with E-state index in [9.17, 15) is 0 Å². The second kappa shape index (κ2) is 7.91. The van der Waals surface area contributed by atoms with Crippen LogP contribution in [0.25, 0.3) is 0 Å². The summed E-state index contributed by atoms with van der Waals surface area (Å²) in [7, 11) is -0.983. The van der Waals surface area contributed by atoms with Crippen LogP contribution in [0, 0.1) is 0 Å². The largest absolute Gasteiger partial charge is 0.531 e. The lowest BCUT2D eigenvalue weighted by atomic mass is 10.2. The van der Waals surface area contributed by atoms with Crippen LogP contribution in [0.2, 0.25) is 5.04 Å². The molecule has 0 saturated heterocycles. The van der Waals surface area contributed by atoms with Crippen molar-refractivity contribution < 1.29 is 9.16 Å². The lowest BCUT2D eigenvalue weighted by Gasteiger charge is -2.43. The minimum atomic E-state index is -2.66. The van der Waals surface area contributed by atoms with Crippen LogP contribution in [-0.2, 0) is 0 Å². The Bertz CT molecular complexity index is 850. The van der Waals surface area contributed by atoms with E-state index in [2.05, 4.69) is 97.4 Å². The van der Waals surface area contributed by atoms with Gasteiger partial charge in [0, 0.05) is 0 Å². The molecule has 0 unspecified atom stereocenters. The summed E-state index contributed by atoms with van der Waals surface area (Å²) in [6, 6.07) is 27.2. The van der Waals surface area contributed by atoms with Crippen LogP contribution in [0.15, 0.2) is 83.3 Å². The molecule has 0 spiro atoms. The highest BCUT2D eigenvalue weighted by molar-refractivity contribution is 9.10. The van der Waals surface area contributed by atoms with Crippen molar-refractivity contribution in [1.29, 1.82) is 0 Å². The van der Waals surface area contributed by atoms with Crippen LogP contribution in [0.3, 0.4) is 0 Å². The molecule has 140 valence electrons. The first kappa shape index (κ1) is 19.7. The van der Waals surface area contributed by atoms with E-state index in [1.807, 2.05) is 18.2 Å². The third-order valence-corrected chi connectivity index (χ3v) is 10.4. The minimum absolute atomic E-state index is 0.0942. The Morgan fingerprint density at radius 2 is 1.26 bits per heavy atom. The van der Waals surface area contributed by atoms with E-state index >= 15 is 0 Å². The predicted molar refractivity (Wildman–Crippen MR) is 119 cm³/mol. The molecule has 0 N–H and O–H groups in total. The highest BCUT2D eigenvalue weighted by Crippen LogP contribution is 2.42. The number of hydrogen-bond donors (Lipinski definition) is 0. The molecule has 0 saturated carbocycles. The number of para-hydroxylation sites is 1. The van der Waals surface area contributed by atoms with E-state index in [1.165, 1.54) is 10.4 Å². The standard InChI is InChI=1S/C23H25BrO2Si/c1-23(2,3)27(18-12-7-5-8-13-18,19-14-9-6-10-15-19)26-21-17-11-16-20(24)22(21)25-4/h5-17H,1-4H3. The monoisotopic (exact) mass is 440 g/mol. The molecular formula is C23H25BrO2Si. The van der Waals surface area contributed by atoms with Crippen LogP contribution in [0.4, 0.5) is 0 Å². The van der Waals surface area contributed by atoms with Crippen molar-refractivity contribution in [2.75, 3.05) is 7.11 Å². The zero-order valence-corrected chi connectivity index (χ0v) is 18.8. The lowest BCUT2D eigenvalue weighted by molar-refractivity contribution is 0.386. The summed E-state index contributed by atoms with van der Waals surface area (Å²) in [5, 5.41) is 2.39. The van der Waals surface area contributed by atoms with Crippen LogP contribution in [0.5, 0.6) is 11.5 Å². The fraction of sp³-hybridized carbons (Fsp3) is 0.217. The Morgan fingerprint density at radius 1 is 0.741 bits per heavy atom. The second-order valence-corrected chi connectivity index (χ2v) is 12.6. The summed E-state index contributed by atoms with van der Waals surface area (Å²) in [4.78, 5) is 0. The van der Waals surface area contributed by atoms with Crippen molar-refractivity contribution in [3.63, 3.8) is 0 Å². The number of methoxy groups -OCH3 is 1. The zero-order chi connectivity index (χ0) is 19.5. The first-order valence-corrected chi connectivity index (χ1v) is 11.7. The number of rotatable bonds is 5. The summed E-state index contributed by atoms with van der Waals surface area (Å²) in [6.07, 6.45) is 0. The molecule has 3 aromatic carbocycles. The summed E-state index contributed by atoms with van der Waals surface area (Å²) >= 11 is 3.59. The van der Waals surface area contributed by atoms with E-state index in [4.69, 9.17) is 9.16 Å². The predicted octanol–water partition coefficient (Wildman–Crippen LogP) is 5.40. The molecule has 0 bridgehead atoms. The summed E-state index contributed by atoms with van der Waals surface area (Å²) < 4.78 is 13.6. The molecule has 0 heterocycles. The maximum atomic E-state index is 7.03. The van der Waals surface area contributed by atoms with Crippen LogP contribution in [0.1, 0.15) is 20.8 Å². The van der Waals surface area contributed by atoms with Gasteiger partial charge in [-0.15, -0.1) is 0 Å². The van der Waals surface area contributed by atoms with E-state index in [1.54, 1.807) is 7.11 Å². The topological polar surface area (TPSA) is 18.5 Å². The summed E-state index contributed by atoms with van der Waals surface area (Å²) in [6.45, 7) is 6.80. The van der Waals surface area contributed by atoms with Crippen LogP contribution < -0.4 is 19.5 Å². The van der Waals surface area contributed by atoms with Gasteiger partial charge in [-0.05, 0) is 43.5 Å². The van der Waals surface area contributed by atoms with Crippen molar-refractivity contribution in [3.05, 3.63) is 83.3 Å². The fourth-order valence-corrected chi connectivity index (χ4v) is 8.51. The third-order valence-electron chi connectivity index (χ3n) is 4.81. The molecule has 0 aliphatic heterocycles.